The van der Waals surface area contributed by atoms with Gasteiger partial charge in [0.15, 0.2) is 0 Å². The zero-order valence-electron chi connectivity index (χ0n) is 5.71. The van der Waals surface area contributed by atoms with Crippen LogP contribution in [0.25, 0.3) is 0 Å². The zero-order chi connectivity index (χ0) is 8.27. The maximum atomic E-state index is 8.38. The number of hydrogen-bond donors (Lipinski definition) is 1. The van der Waals surface area contributed by atoms with E-state index in [1.807, 2.05) is 6.07 Å². The van der Waals surface area contributed by atoms with E-state index in [2.05, 4.69) is 20.9 Å². The number of halogens is 1. The lowest BCUT2D eigenvalue weighted by atomic mass is 10.3. The minimum Gasteiger partial charge on any atom is -0.398 e. The Kier molecular flexibility index (Phi) is 2.44. The van der Waals surface area contributed by atoms with Crippen LogP contribution in [0.2, 0.25) is 0 Å². The Morgan fingerprint density at radius 2 is 2.45 bits per heavy atom. The molecular formula is C7H6BrN3. The van der Waals surface area contributed by atoms with Crippen LogP contribution < -0.4 is 5.73 Å². The number of rotatable bonds is 1. The molecule has 0 unspecified atom stereocenters. The SMILES string of the molecule is N#CCc1nccc(N)c1Br. The topological polar surface area (TPSA) is 62.7 Å². The fraction of sp³-hybridized carbons (Fsp3) is 0.143. The monoisotopic (exact) mass is 211 g/mol. The van der Waals surface area contributed by atoms with Gasteiger partial charge in [-0.25, -0.2) is 0 Å². The van der Waals surface area contributed by atoms with Gasteiger partial charge in [0.05, 0.1) is 22.7 Å². The maximum absolute atomic E-state index is 8.38. The first kappa shape index (κ1) is 8.02. The van der Waals surface area contributed by atoms with E-state index < -0.39 is 0 Å². The fourth-order valence-corrected chi connectivity index (χ4v) is 1.08. The summed E-state index contributed by atoms with van der Waals surface area (Å²) in [6.45, 7) is 0. The summed E-state index contributed by atoms with van der Waals surface area (Å²) < 4.78 is 0.724. The van der Waals surface area contributed by atoms with E-state index in [0.717, 1.165) is 4.47 Å². The van der Waals surface area contributed by atoms with E-state index in [4.69, 9.17) is 11.0 Å². The third-order valence-electron chi connectivity index (χ3n) is 1.24. The molecule has 56 valence electrons. The van der Waals surface area contributed by atoms with Gasteiger partial charge in [0.1, 0.15) is 0 Å². The van der Waals surface area contributed by atoms with Crippen LogP contribution in [0.15, 0.2) is 16.7 Å². The van der Waals surface area contributed by atoms with E-state index in [0.29, 0.717) is 11.4 Å². The number of nitriles is 1. The summed E-state index contributed by atoms with van der Waals surface area (Å²) in [5.74, 6) is 0. The second-order valence-electron chi connectivity index (χ2n) is 2.00. The van der Waals surface area contributed by atoms with Crippen LogP contribution in [-0.2, 0) is 6.42 Å². The van der Waals surface area contributed by atoms with E-state index in [-0.39, 0.29) is 6.42 Å². The second-order valence-corrected chi connectivity index (χ2v) is 2.79. The Morgan fingerprint density at radius 1 is 1.73 bits per heavy atom. The van der Waals surface area contributed by atoms with Crippen molar-refractivity contribution in [3.63, 3.8) is 0 Å². The van der Waals surface area contributed by atoms with Crippen LogP contribution in [-0.4, -0.2) is 4.98 Å². The van der Waals surface area contributed by atoms with Crippen LogP contribution in [0.5, 0.6) is 0 Å². The van der Waals surface area contributed by atoms with E-state index >= 15 is 0 Å². The molecule has 4 heteroatoms. The van der Waals surface area contributed by atoms with Gasteiger partial charge in [0, 0.05) is 11.9 Å². The molecule has 0 atom stereocenters. The molecule has 0 spiro atoms. The molecule has 1 heterocycles. The van der Waals surface area contributed by atoms with Crippen LogP contribution in [0, 0.1) is 11.3 Å². The molecule has 2 N–H and O–H groups in total. The largest absolute Gasteiger partial charge is 0.398 e. The minimum atomic E-state index is 0.283. The molecule has 1 aromatic rings. The third kappa shape index (κ3) is 1.69. The van der Waals surface area contributed by atoms with Crippen molar-refractivity contribution in [2.24, 2.45) is 0 Å². The first-order valence-electron chi connectivity index (χ1n) is 3.01. The highest BCUT2D eigenvalue weighted by molar-refractivity contribution is 9.10. The molecule has 0 radical (unpaired) electrons. The van der Waals surface area contributed by atoms with Gasteiger partial charge in [0.2, 0.25) is 0 Å². The number of pyridine rings is 1. The van der Waals surface area contributed by atoms with Crippen molar-refractivity contribution in [2.75, 3.05) is 5.73 Å². The van der Waals surface area contributed by atoms with E-state index in [9.17, 15) is 0 Å². The molecular weight excluding hydrogens is 206 g/mol. The summed E-state index contributed by atoms with van der Waals surface area (Å²) in [7, 11) is 0. The van der Waals surface area contributed by atoms with Crippen molar-refractivity contribution >= 4 is 21.6 Å². The predicted octanol–water partition coefficient (Wildman–Crippen LogP) is 1.49. The number of nitrogens with zero attached hydrogens (tertiary/aromatic N) is 2. The highest BCUT2D eigenvalue weighted by Gasteiger charge is 2.02. The number of hydrogen-bond acceptors (Lipinski definition) is 3. The molecule has 0 aliphatic heterocycles. The summed E-state index contributed by atoms with van der Waals surface area (Å²) in [6.07, 6.45) is 1.87. The van der Waals surface area contributed by atoms with Gasteiger partial charge in [0.25, 0.3) is 0 Å². The average molecular weight is 212 g/mol. The molecule has 0 aliphatic rings. The lowest BCUT2D eigenvalue weighted by molar-refractivity contribution is 1.10. The van der Waals surface area contributed by atoms with Gasteiger partial charge in [-0.05, 0) is 22.0 Å². The minimum absolute atomic E-state index is 0.283. The molecule has 0 fully saturated rings. The molecule has 0 bridgehead atoms. The molecule has 11 heavy (non-hydrogen) atoms. The van der Waals surface area contributed by atoms with Crippen molar-refractivity contribution in [1.82, 2.24) is 4.98 Å². The van der Waals surface area contributed by atoms with Crippen molar-refractivity contribution < 1.29 is 0 Å². The molecule has 0 saturated heterocycles. The number of nitrogen functional groups attached to an aromatic ring is 1. The molecule has 1 aromatic heterocycles. The highest BCUT2D eigenvalue weighted by atomic mass is 79.9. The molecule has 1 rings (SSSR count). The Labute approximate surface area is 73.0 Å². The summed E-state index contributed by atoms with van der Waals surface area (Å²) in [5.41, 5.74) is 6.86. The van der Waals surface area contributed by atoms with Crippen LogP contribution in [0.4, 0.5) is 5.69 Å². The van der Waals surface area contributed by atoms with Gasteiger partial charge in [-0.15, -0.1) is 0 Å². The molecule has 3 nitrogen and oxygen atoms in total. The molecule has 0 saturated carbocycles. The summed E-state index contributed by atoms with van der Waals surface area (Å²) in [4.78, 5) is 3.98. The first-order valence-corrected chi connectivity index (χ1v) is 3.81. The molecule has 0 aliphatic carbocycles. The van der Waals surface area contributed by atoms with E-state index in [1.165, 1.54) is 0 Å². The average Bonchev–Trinajstić information content (AvgIpc) is 1.99. The van der Waals surface area contributed by atoms with Crippen molar-refractivity contribution in [2.45, 2.75) is 6.42 Å². The van der Waals surface area contributed by atoms with Gasteiger partial charge in [-0.3, -0.25) is 4.98 Å². The van der Waals surface area contributed by atoms with Crippen LogP contribution >= 0.6 is 15.9 Å². The summed E-state index contributed by atoms with van der Waals surface area (Å²) in [5, 5.41) is 8.38. The summed E-state index contributed by atoms with van der Waals surface area (Å²) in [6, 6.07) is 3.69. The van der Waals surface area contributed by atoms with Crippen molar-refractivity contribution in [3.05, 3.63) is 22.4 Å². The van der Waals surface area contributed by atoms with Gasteiger partial charge in [-0.1, -0.05) is 0 Å². The number of aromatic nitrogens is 1. The second kappa shape index (κ2) is 3.35. The number of nitrogens with two attached hydrogens (primary N) is 1. The van der Waals surface area contributed by atoms with Gasteiger partial charge < -0.3 is 5.73 Å². The normalized spacial score (nSPS) is 9.09. The number of anilines is 1. The van der Waals surface area contributed by atoms with Gasteiger partial charge >= 0.3 is 0 Å². The zero-order valence-corrected chi connectivity index (χ0v) is 7.30. The standard InChI is InChI=1S/C7H6BrN3/c8-7-5(10)2-4-11-6(7)1-3-9/h2,4H,1H2,(H2,10,11). The highest BCUT2D eigenvalue weighted by Crippen LogP contribution is 2.21. The van der Waals surface area contributed by atoms with Crippen LogP contribution in [0.1, 0.15) is 5.69 Å². The molecule has 0 aromatic carbocycles. The van der Waals surface area contributed by atoms with Crippen LogP contribution in [0.3, 0.4) is 0 Å². The Bertz CT molecular complexity index is 303. The lowest BCUT2D eigenvalue weighted by Crippen LogP contribution is -1.94. The fourth-order valence-electron chi connectivity index (χ4n) is 0.702. The quantitative estimate of drug-likeness (QED) is 0.766. The van der Waals surface area contributed by atoms with Crippen molar-refractivity contribution in [1.29, 1.82) is 5.26 Å². The van der Waals surface area contributed by atoms with Gasteiger partial charge in [-0.2, -0.15) is 5.26 Å². The first-order chi connectivity index (χ1) is 5.25. The lowest BCUT2D eigenvalue weighted by Gasteiger charge is -2.00. The Hall–Kier alpha value is -1.08. The predicted molar refractivity (Wildman–Crippen MR) is 45.7 cm³/mol. The Morgan fingerprint density at radius 3 is 3.09 bits per heavy atom. The van der Waals surface area contributed by atoms with Crippen molar-refractivity contribution in [3.8, 4) is 6.07 Å². The third-order valence-corrected chi connectivity index (χ3v) is 2.15. The molecule has 0 amide bonds. The van der Waals surface area contributed by atoms with E-state index in [1.54, 1.807) is 12.3 Å². The Balaban J connectivity index is 3.08. The maximum Gasteiger partial charge on any atom is 0.0786 e. The summed E-state index contributed by atoms with van der Waals surface area (Å²) >= 11 is 3.24. The smallest absolute Gasteiger partial charge is 0.0786 e.